The van der Waals surface area contributed by atoms with Crippen LogP contribution in [0.2, 0.25) is 0 Å². The largest absolute Gasteiger partial charge is 0.383 e. The van der Waals surface area contributed by atoms with Crippen LogP contribution in [0.15, 0.2) is 34.2 Å². The number of hydrogen-bond donors (Lipinski definition) is 3. The Bertz CT molecular complexity index is 615. The van der Waals surface area contributed by atoms with Crippen molar-refractivity contribution in [2.75, 3.05) is 26.8 Å². The van der Waals surface area contributed by atoms with Gasteiger partial charge in [0.15, 0.2) is 5.96 Å². The van der Waals surface area contributed by atoms with E-state index in [1.807, 2.05) is 0 Å². The highest BCUT2D eigenvalue weighted by Gasteiger charge is 2.12. The first-order valence-electron chi connectivity index (χ1n) is 8.61. The van der Waals surface area contributed by atoms with Crippen LogP contribution in [-0.2, 0) is 21.3 Å². The fraction of sp³-hybridized carbons (Fsp3) is 0.588. The van der Waals surface area contributed by atoms with Gasteiger partial charge in [-0.1, -0.05) is 38.3 Å². The Morgan fingerprint density at radius 3 is 2.52 bits per heavy atom. The highest BCUT2D eigenvalue weighted by atomic mass is 32.2. The summed E-state index contributed by atoms with van der Waals surface area (Å²) in [5.41, 5.74) is 6.72. The second kappa shape index (κ2) is 11.8. The van der Waals surface area contributed by atoms with Gasteiger partial charge in [0, 0.05) is 20.2 Å². The molecule has 0 unspecified atom stereocenters. The molecule has 0 atom stereocenters. The molecule has 8 heteroatoms. The summed E-state index contributed by atoms with van der Waals surface area (Å²) in [5, 5.41) is 3.09. The van der Waals surface area contributed by atoms with Crippen LogP contribution >= 0.6 is 0 Å². The summed E-state index contributed by atoms with van der Waals surface area (Å²) in [4.78, 5) is 4.49. The molecular weight excluding hydrogens is 340 g/mol. The van der Waals surface area contributed by atoms with Crippen molar-refractivity contribution in [3.8, 4) is 0 Å². The van der Waals surface area contributed by atoms with Crippen molar-refractivity contribution in [3.05, 3.63) is 29.8 Å². The highest BCUT2D eigenvalue weighted by Crippen LogP contribution is 2.11. The van der Waals surface area contributed by atoms with E-state index in [0.717, 1.165) is 18.5 Å². The molecule has 1 aromatic rings. The van der Waals surface area contributed by atoms with Crippen molar-refractivity contribution in [1.29, 1.82) is 0 Å². The average molecular weight is 371 g/mol. The maximum absolute atomic E-state index is 12.1. The van der Waals surface area contributed by atoms with Crippen LogP contribution in [0.25, 0.3) is 0 Å². The summed E-state index contributed by atoms with van der Waals surface area (Å²) in [6, 6.07) is 6.61. The van der Waals surface area contributed by atoms with E-state index in [4.69, 9.17) is 10.5 Å². The van der Waals surface area contributed by atoms with Gasteiger partial charge in [-0.2, -0.15) is 0 Å². The first kappa shape index (κ1) is 21.4. The van der Waals surface area contributed by atoms with E-state index in [-0.39, 0.29) is 11.4 Å². The number of nitrogens with two attached hydrogens (primary N) is 1. The van der Waals surface area contributed by atoms with E-state index in [0.29, 0.717) is 19.1 Å². The fourth-order valence-electron chi connectivity index (χ4n) is 2.14. The Labute approximate surface area is 151 Å². The number of aliphatic imine (C=N–C) groups is 1. The van der Waals surface area contributed by atoms with Crippen LogP contribution in [0.4, 0.5) is 0 Å². The minimum Gasteiger partial charge on any atom is -0.383 e. The van der Waals surface area contributed by atoms with E-state index in [2.05, 4.69) is 22.0 Å². The highest BCUT2D eigenvalue weighted by molar-refractivity contribution is 7.89. The molecule has 0 aromatic heterocycles. The van der Waals surface area contributed by atoms with E-state index >= 15 is 0 Å². The molecule has 0 spiro atoms. The number of nitrogens with one attached hydrogen (secondary N) is 2. The number of unbranched alkanes of at least 4 members (excludes halogenated alkanes) is 3. The van der Waals surface area contributed by atoms with Gasteiger partial charge in [-0.3, -0.25) is 0 Å². The normalized spacial score (nSPS) is 12.3. The Morgan fingerprint density at radius 1 is 1.16 bits per heavy atom. The van der Waals surface area contributed by atoms with Gasteiger partial charge in [0.1, 0.15) is 0 Å². The van der Waals surface area contributed by atoms with Gasteiger partial charge in [-0.25, -0.2) is 18.1 Å². The van der Waals surface area contributed by atoms with E-state index in [1.54, 1.807) is 24.3 Å². The van der Waals surface area contributed by atoms with Gasteiger partial charge in [0.05, 0.1) is 18.0 Å². The average Bonchev–Trinajstić information content (AvgIpc) is 2.60. The smallest absolute Gasteiger partial charge is 0.240 e. The molecule has 0 aliphatic heterocycles. The van der Waals surface area contributed by atoms with Crippen molar-refractivity contribution >= 4 is 16.0 Å². The summed E-state index contributed by atoms with van der Waals surface area (Å²) in [5.74, 6) is 0.412. The molecule has 4 N–H and O–H groups in total. The molecule has 0 bridgehead atoms. The first-order valence-corrected chi connectivity index (χ1v) is 10.1. The maximum Gasteiger partial charge on any atom is 0.240 e. The van der Waals surface area contributed by atoms with Crippen molar-refractivity contribution in [2.45, 2.75) is 44.0 Å². The monoisotopic (exact) mass is 370 g/mol. The molecule has 0 radical (unpaired) electrons. The summed E-state index contributed by atoms with van der Waals surface area (Å²) in [6.07, 6.45) is 4.70. The van der Waals surface area contributed by atoms with Crippen molar-refractivity contribution in [2.24, 2.45) is 10.7 Å². The molecule has 0 heterocycles. The number of nitrogens with zero attached hydrogens (tertiary/aromatic N) is 1. The van der Waals surface area contributed by atoms with E-state index in [1.165, 1.54) is 26.4 Å². The van der Waals surface area contributed by atoms with Crippen LogP contribution in [0.1, 0.15) is 38.2 Å². The molecule has 0 amide bonds. The summed E-state index contributed by atoms with van der Waals surface area (Å²) in [7, 11) is -1.98. The summed E-state index contributed by atoms with van der Waals surface area (Å²) >= 11 is 0. The quantitative estimate of drug-likeness (QED) is 0.294. The van der Waals surface area contributed by atoms with E-state index in [9.17, 15) is 8.42 Å². The van der Waals surface area contributed by atoms with Gasteiger partial charge >= 0.3 is 0 Å². The zero-order valence-corrected chi connectivity index (χ0v) is 15.9. The van der Waals surface area contributed by atoms with Gasteiger partial charge in [-0.05, 0) is 24.1 Å². The van der Waals surface area contributed by atoms with Gasteiger partial charge in [0.2, 0.25) is 10.0 Å². The summed E-state index contributed by atoms with van der Waals surface area (Å²) in [6.45, 7) is 3.97. The van der Waals surface area contributed by atoms with Gasteiger partial charge in [-0.15, -0.1) is 0 Å². The molecule has 0 aliphatic rings. The molecule has 0 saturated carbocycles. The Balaban J connectivity index is 2.46. The maximum atomic E-state index is 12.1. The fourth-order valence-corrected chi connectivity index (χ4v) is 3.15. The van der Waals surface area contributed by atoms with Crippen LogP contribution in [0.5, 0.6) is 0 Å². The van der Waals surface area contributed by atoms with Crippen LogP contribution in [0.3, 0.4) is 0 Å². The number of methoxy groups -OCH3 is 1. The van der Waals surface area contributed by atoms with Crippen molar-refractivity contribution < 1.29 is 13.2 Å². The molecule has 7 nitrogen and oxygen atoms in total. The zero-order chi connectivity index (χ0) is 18.5. The SMILES string of the molecule is CCCCCCNC(N)=NCc1ccc(S(=O)(=O)NCCOC)cc1. The second-order valence-corrected chi connectivity index (χ2v) is 7.49. The van der Waals surface area contributed by atoms with Crippen molar-refractivity contribution in [1.82, 2.24) is 10.0 Å². The number of rotatable bonds is 12. The zero-order valence-electron chi connectivity index (χ0n) is 15.1. The molecule has 1 rings (SSSR count). The number of ether oxygens (including phenoxy) is 1. The number of benzene rings is 1. The second-order valence-electron chi connectivity index (χ2n) is 5.72. The Hall–Kier alpha value is -1.64. The van der Waals surface area contributed by atoms with Gasteiger partial charge in [0.25, 0.3) is 0 Å². The molecule has 0 fully saturated rings. The number of hydrogen-bond acceptors (Lipinski definition) is 4. The van der Waals surface area contributed by atoms with Crippen LogP contribution < -0.4 is 15.8 Å². The lowest BCUT2D eigenvalue weighted by Crippen LogP contribution is -2.32. The van der Waals surface area contributed by atoms with Crippen LogP contribution in [-0.4, -0.2) is 41.2 Å². The molecule has 0 aliphatic carbocycles. The third-order valence-corrected chi connectivity index (χ3v) is 5.08. The molecule has 1 aromatic carbocycles. The topological polar surface area (TPSA) is 106 Å². The molecule has 0 saturated heterocycles. The molecule has 25 heavy (non-hydrogen) atoms. The van der Waals surface area contributed by atoms with Crippen molar-refractivity contribution in [3.63, 3.8) is 0 Å². The predicted molar refractivity (Wildman–Crippen MR) is 101 cm³/mol. The number of guanidine groups is 1. The predicted octanol–water partition coefficient (Wildman–Crippen LogP) is 1.60. The van der Waals surface area contributed by atoms with Crippen LogP contribution in [0, 0.1) is 0 Å². The number of sulfonamides is 1. The summed E-state index contributed by atoms with van der Waals surface area (Å²) < 4.78 is 31.4. The van der Waals surface area contributed by atoms with Gasteiger partial charge < -0.3 is 15.8 Å². The molecule has 142 valence electrons. The molecular formula is C17H30N4O3S. The minimum absolute atomic E-state index is 0.221. The minimum atomic E-state index is -3.50. The Morgan fingerprint density at radius 2 is 1.88 bits per heavy atom. The van der Waals surface area contributed by atoms with E-state index < -0.39 is 10.0 Å². The first-order chi connectivity index (χ1) is 12.0. The Kier molecular flexibility index (Phi) is 10.1. The third-order valence-electron chi connectivity index (χ3n) is 3.60. The third kappa shape index (κ3) is 8.85. The lowest BCUT2D eigenvalue weighted by molar-refractivity contribution is 0.204. The standard InChI is InChI=1S/C17H30N4O3S/c1-3-4-5-6-11-19-17(18)20-14-15-7-9-16(10-8-15)25(22,23)21-12-13-24-2/h7-10,21H,3-6,11-14H2,1-2H3,(H3,18,19,20). The lowest BCUT2D eigenvalue weighted by atomic mass is 10.2. The lowest BCUT2D eigenvalue weighted by Gasteiger charge is -2.07.